The quantitative estimate of drug-likeness (QED) is 0.502. The Kier molecular flexibility index (Phi) is 5.56. The van der Waals surface area contributed by atoms with Crippen molar-refractivity contribution in [3.63, 3.8) is 0 Å². The van der Waals surface area contributed by atoms with Crippen LogP contribution in [0.1, 0.15) is 35.0 Å². The van der Waals surface area contributed by atoms with E-state index in [1.54, 1.807) is 6.21 Å². The maximum absolute atomic E-state index is 12.6. The summed E-state index contributed by atoms with van der Waals surface area (Å²) in [5.74, 6) is -0.237. The second-order valence-electron chi connectivity index (χ2n) is 5.65. The number of para-hydroxylation sites is 1. The molecule has 4 nitrogen and oxygen atoms in total. The van der Waals surface area contributed by atoms with Gasteiger partial charge >= 0.3 is 0 Å². The molecule has 0 atom stereocenters. The number of pyridine rings is 1. The summed E-state index contributed by atoms with van der Waals surface area (Å²) < 4.78 is 0.924. The van der Waals surface area contributed by atoms with Gasteiger partial charge < -0.3 is 0 Å². The number of benzene rings is 2. The minimum absolute atomic E-state index is 0.237. The molecule has 0 spiro atoms. The standard InChI is InChI=1S/C20H18BrN3O/c1-2-7-15-12-17(16-9-4-6-11-19(16)23-15)20(25)24-22-13-14-8-3-5-10-18(14)21/h3-6,8-13H,2,7H2,1H3,(H,24,25)/b22-13-. The van der Waals surface area contributed by atoms with Crippen molar-refractivity contribution < 1.29 is 4.79 Å². The fourth-order valence-electron chi connectivity index (χ4n) is 2.60. The van der Waals surface area contributed by atoms with Crippen molar-refractivity contribution in [1.82, 2.24) is 10.4 Å². The molecule has 2 aromatic carbocycles. The summed E-state index contributed by atoms with van der Waals surface area (Å²) in [6.07, 6.45) is 3.44. The highest BCUT2D eigenvalue weighted by Gasteiger charge is 2.12. The minimum atomic E-state index is -0.237. The minimum Gasteiger partial charge on any atom is -0.267 e. The molecule has 1 N–H and O–H groups in total. The molecule has 0 aliphatic heterocycles. The fourth-order valence-corrected chi connectivity index (χ4v) is 2.99. The second kappa shape index (κ2) is 8.03. The third-order valence-electron chi connectivity index (χ3n) is 3.79. The average molecular weight is 396 g/mol. The van der Waals surface area contributed by atoms with Crippen LogP contribution in [-0.4, -0.2) is 17.1 Å². The first kappa shape index (κ1) is 17.3. The van der Waals surface area contributed by atoms with Crippen molar-refractivity contribution in [2.24, 2.45) is 5.10 Å². The molecule has 0 bridgehead atoms. The van der Waals surface area contributed by atoms with Crippen LogP contribution in [0.5, 0.6) is 0 Å². The van der Waals surface area contributed by atoms with Crippen molar-refractivity contribution >= 4 is 39.0 Å². The van der Waals surface area contributed by atoms with E-state index >= 15 is 0 Å². The fraction of sp³-hybridized carbons (Fsp3) is 0.150. The van der Waals surface area contributed by atoms with Gasteiger partial charge in [-0.15, -0.1) is 0 Å². The highest BCUT2D eigenvalue weighted by molar-refractivity contribution is 9.10. The summed E-state index contributed by atoms with van der Waals surface area (Å²) in [4.78, 5) is 17.2. The summed E-state index contributed by atoms with van der Waals surface area (Å²) >= 11 is 3.46. The maximum Gasteiger partial charge on any atom is 0.272 e. The molecule has 3 rings (SSSR count). The van der Waals surface area contributed by atoms with Crippen molar-refractivity contribution in [1.29, 1.82) is 0 Å². The van der Waals surface area contributed by atoms with Gasteiger partial charge in [-0.05, 0) is 24.6 Å². The molecule has 0 saturated heterocycles. The zero-order valence-electron chi connectivity index (χ0n) is 13.9. The summed E-state index contributed by atoms with van der Waals surface area (Å²) in [6, 6.07) is 17.2. The number of aryl methyl sites for hydroxylation is 1. The predicted molar refractivity (Wildman–Crippen MR) is 105 cm³/mol. The van der Waals surface area contributed by atoms with Crippen molar-refractivity contribution in [2.45, 2.75) is 19.8 Å². The van der Waals surface area contributed by atoms with E-state index in [0.29, 0.717) is 5.56 Å². The van der Waals surface area contributed by atoms with Crippen LogP contribution in [0.3, 0.4) is 0 Å². The molecule has 1 heterocycles. The number of carbonyl (C=O) groups is 1. The van der Waals surface area contributed by atoms with E-state index in [9.17, 15) is 4.79 Å². The van der Waals surface area contributed by atoms with Gasteiger partial charge in [0.1, 0.15) is 0 Å². The largest absolute Gasteiger partial charge is 0.272 e. The van der Waals surface area contributed by atoms with Gasteiger partial charge in [0.15, 0.2) is 0 Å². The number of rotatable bonds is 5. The molecule has 0 aliphatic rings. The van der Waals surface area contributed by atoms with E-state index in [0.717, 1.165) is 39.5 Å². The second-order valence-corrected chi connectivity index (χ2v) is 6.50. The van der Waals surface area contributed by atoms with Crippen molar-refractivity contribution in [3.05, 3.63) is 75.9 Å². The predicted octanol–water partition coefficient (Wildman–Crippen LogP) is 4.71. The molecule has 25 heavy (non-hydrogen) atoms. The van der Waals surface area contributed by atoms with Crippen LogP contribution in [-0.2, 0) is 6.42 Å². The summed E-state index contributed by atoms with van der Waals surface area (Å²) in [6.45, 7) is 2.10. The number of aromatic nitrogens is 1. The molecule has 0 unspecified atom stereocenters. The molecule has 1 aromatic heterocycles. The molecule has 0 radical (unpaired) electrons. The van der Waals surface area contributed by atoms with E-state index in [4.69, 9.17) is 0 Å². The smallest absolute Gasteiger partial charge is 0.267 e. The Hall–Kier alpha value is -2.53. The van der Waals surface area contributed by atoms with Gasteiger partial charge in [0.05, 0.1) is 17.3 Å². The van der Waals surface area contributed by atoms with Gasteiger partial charge in [0.2, 0.25) is 0 Å². The lowest BCUT2D eigenvalue weighted by atomic mass is 10.1. The van der Waals surface area contributed by atoms with E-state index in [2.05, 4.69) is 38.4 Å². The van der Waals surface area contributed by atoms with Crippen LogP contribution in [0.15, 0.2) is 64.2 Å². The molecule has 0 saturated carbocycles. The Bertz CT molecular complexity index is 937. The molecule has 0 aliphatic carbocycles. The van der Waals surface area contributed by atoms with Crippen LogP contribution in [0.4, 0.5) is 0 Å². The number of halogens is 1. The van der Waals surface area contributed by atoms with Gasteiger partial charge in [-0.3, -0.25) is 9.78 Å². The third kappa shape index (κ3) is 4.12. The number of hydrogen-bond acceptors (Lipinski definition) is 3. The number of amides is 1. The van der Waals surface area contributed by atoms with Crippen molar-refractivity contribution in [2.75, 3.05) is 0 Å². The molecule has 0 fully saturated rings. The topological polar surface area (TPSA) is 54.4 Å². The zero-order valence-corrected chi connectivity index (χ0v) is 15.5. The number of carbonyl (C=O) groups excluding carboxylic acids is 1. The molecular weight excluding hydrogens is 378 g/mol. The van der Waals surface area contributed by atoms with Crippen LogP contribution >= 0.6 is 15.9 Å². The van der Waals surface area contributed by atoms with Crippen LogP contribution < -0.4 is 5.43 Å². The number of hydrogen-bond donors (Lipinski definition) is 1. The molecule has 5 heteroatoms. The van der Waals surface area contributed by atoms with Gasteiger partial charge in [-0.2, -0.15) is 5.10 Å². The Morgan fingerprint density at radius 3 is 2.76 bits per heavy atom. The maximum atomic E-state index is 12.6. The number of nitrogens with zero attached hydrogens (tertiary/aromatic N) is 2. The van der Waals surface area contributed by atoms with Crippen LogP contribution in [0.2, 0.25) is 0 Å². The van der Waals surface area contributed by atoms with E-state index in [-0.39, 0.29) is 5.91 Å². The number of nitrogens with one attached hydrogen (secondary N) is 1. The summed E-state index contributed by atoms with van der Waals surface area (Å²) in [5, 5.41) is 4.92. The van der Waals surface area contributed by atoms with Gasteiger partial charge in [-0.1, -0.05) is 65.7 Å². The number of hydrazone groups is 1. The van der Waals surface area contributed by atoms with Gasteiger partial charge in [0, 0.05) is 21.1 Å². The monoisotopic (exact) mass is 395 g/mol. The first-order valence-electron chi connectivity index (χ1n) is 8.15. The van der Waals surface area contributed by atoms with E-state index in [1.807, 2.05) is 54.6 Å². The highest BCUT2D eigenvalue weighted by Crippen LogP contribution is 2.19. The Morgan fingerprint density at radius 2 is 1.96 bits per heavy atom. The lowest BCUT2D eigenvalue weighted by Crippen LogP contribution is -2.18. The summed E-state index contributed by atoms with van der Waals surface area (Å²) in [5.41, 5.74) is 5.86. The highest BCUT2D eigenvalue weighted by atomic mass is 79.9. The first-order valence-corrected chi connectivity index (χ1v) is 8.95. The molecule has 1 amide bonds. The lowest BCUT2D eigenvalue weighted by Gasteiger charge is -2.08. The molecule has 126 valence electrons. The van der Waals surface area contributed by atoms with Crippen LogP contribution in [0, 0.1) is 0 Å². The SMILES string of the molecule is CCCc1cc(C(=O)N/N=C\c2ccccc2Br)c2ccccc2n1. The molecular formula is C20H18BrN3O. The van der Waals surface area contributed by atoms with Gasteiger partial charge in [-0.25, -0.2) is 5.43 Å². The van der Waals surface area contributed by atoms with Crippen molar-refractivity contribution in [3.8, 4) is 0 Å². The lowest BCUT2D eigenvalue weighted by molar-refractivity contribution is 0.0956. The Morgan fingerprint density at radius 1 is 1.20 bits per heavy atom. The average Bonchev–Trinajstić information content (AvgIpc) is 2.63. The van der Waals surface area contributed by atoms with Crippen LogP contribution in [0.25, 0.3) is 10.9 Å². The summed E-state index contributed by atoms with van der Waals surface area (Å²) in [7, 11) is 0. The molecule has 3 aromatic rings. The van der Waals surface area contributed by atoms with E-state index < -0.39 is 0 Å². The Balaban J connectivity index is 1.87. The Labute approximate surface area is 155 Å². The zero-order chi connectivity index (χ0) is 17.6. The van der Waals surface area contributed by atoms with Gasteiger partial charge in [0.25, 0.3) is 5.91 Å². The first-order chi connectivity index (χ1) is 12.2. The van der Waals surface area contributed by atoms with E-state index in [1.165, 1.54) is 0 Å². The number of fused-ring (bicyclic) bond motifs is 1. The third-order valence-corrected chi connectivity index (χ3v) is 4.52. The normalized spacial score (nSPS) is 11.1.